The summed E-state index contributed by atoms with van der Waals surface area (Å²) in [5.74, 6) is 0. The Bertz CT molecular complexity index is 800. The normalized spacial score (nSPS) is 10.3. The molecule has 0 atom stereocenters. The summed E-state index contributed by atoms with van der Waals surface area (Å²) in [6.45, 7) is 0. The SMILES string of the molecule is N#Cc1cccc(-c2cnc3ccccc3c2)c1N. The Kier molecular flexibility index (Phi) is 2.62. The van der Waals surface area contributed by atoms with Crippen molar-refractivity contribution in [2.45, 2.75) is 0 Å². The Morgan fingerprint density at radius 1 is 1.05 bits per heavy atom. The average Bonchev–Trinajstić information content (AvgIpc) is 2.47. The number of benzene rings is 2. The van der Waals surface area contributed by atoms with Crippen molar-refractivity contribution in [2.75, 3.05) is 5.73 Å². The highest BCUT2D eigenvalue weighted by Gasteiger charge is 2.07. The molecule has 2 N–H and O–H groups in total. The van der Waals surface area contributed by atoms with E-state index in [1.54, 1.807) is 12.3 Å². The molecule has 0 aliphatic carbocycles. The minimum absolute atomic E-state index is 0.491. The quantitative estimate of drug-likeness (QED) is 0.669. The molecule has 0 amide bonds. The van der Waals surface area contributed by atoms with Gasteiger partial charge in [0, 0.05) is 22.7 Å². The number of pyridine rings is 1. The van der Waals surface area contributed by atoms with Gasteiger partial charge in [0.1, 0.15) is 6.07 Å². The van der Waals surface area contributed by atoms with Crippen LogP contribution >= 0.6 is 0 Å². The third kappa shape index (κ3) is 1.90. The molecule has 1 aromatic heterocycles. The minimum Gasteiger partial charge on any atom is -0.397 e. The molecule has 0 spiro atoms. The molecule has 3 rings (SSSR count). The highest BCUT2D eigenvalue weighted by Crippen LogP contribution is 2.29. The van der Waals surface area contributed by atoms with E-state index in [0.29, 0.717) is 11.3 Å². The lowest BCUT2D eigenvalue weighted by atomic mass is 10.0. The van der Waals surface area contributed by atoms with Gasteiger partial charge in [0.15, 0.2) is 0 Å². The molecular weight excluding hydrogens is 234 g/mol. The van der Waals surface area contributed by atoms with Crippen LogP contribution in [0, 0.1) is 11.3 Å². The molecule has 0 saturated heterocycles. The molecule has 0 bridgehead atoms. The largest absolute Gasteiger partial charge is 0.397 e. The summed E-state index contributed by atoms with van der Waals surface area (Å²) < 4.78 is 0. The van der Waals surface area contributed by atoms with Crippen molar-refractivity contribution in [1.82, 2.24) is 4.98 Å². The van der Waals surface area contributed by atoms with Crippen molar-refractivity contribution in [1.29, 1.82) is 5.26 Å². The predicted octanol–water partition coefficient (Wildman–Crippen LogP) is 3.36. The molecule has 2 aromatic carbocycles. The fourth-order valence-electron chi connectivity index (χ4n) is 2.13. The van der Waals surface area contributed by atoms with Crippen LogP contribution in [0.25, 0.3) is 22.0 Å². The van der Waals surface area contributed by atoms with Crippen LogP contribution in [-0.2, 0) is 0 Å². The Morgan fingerprint density at radius 3 is 2.74 bits per heavy atom. The summed E-state index contributed by atoms with van der Waals surface area (Å²) in [6, 6.07) is 17.5. The van der Waals surface area contributed by atoms with Gasteiger partial charge in [-0.2, -0.15) is 5.26 Å². The zero-order chi connectivity index (χ0) is 13.2. The van der Waals surface area contributed by atoms with E-state index in [9.17, 15) is 0 Å². The van der Waals surface area contributed by atoms with E-state index in [0.717, 1.165) is 22.0 Å². The second-order valence-electron chi connectivity index (χ2n) is 4.30. The number of nitrogen functional groups attached to an aromatic ring is 1. The van der Waals surface area contributed by atoms with Crippen LogP contribution in [0.15, 0.2) is 54.7 Å². The van der Waals surface area contributed by atoms with E-state index in [-0.39, 0.29) is 0 Å². The number of fused-ring (bicyclic) bond motifs is 1. The summed E-state index contributed by atoms with van der Waals surface area (Å²) in [5, 5.41) is 10.1. The number of nitrogens with zero attached hydrogens (tertiary/aromatic N) is 2. The zero-order valence-corrected chi connectivity index (χ0v) is 10.2. The summed E-state index contributed by atoms with van der Waals surface area (Å²) in [5.41, 5.74) is 9.73. The number of anilines is 1. The van der Waals surface area contributed by atoms with Gasteiger partial charge in [-0.15, -0.1) is 0 Å². The van der Waals surface area contributed by atoms with Gasteiger partial charge in [-0.3, -0.25) is 4.98 Å². The fourth-order valence-corrected chi connectivity index (χ4v) is 2.13. The summed E-state index contributed by atoms with van der Waals surface area (Å²) >= 11 is 0. The first-order valence-electron chi connectivity index (χ1n) is 5.93. The number of hydrogen-bond acceptors (Lipinski definition) is 3. The number of hydrogen-bond donors (Lipinski definition) is 1. The topological polar surface area (TPSA) is 62.7 Å². The third-order valence-corrected chi connectivity index (χ3v) is 3.13. The molecule has 0 unspecified atom stereocenters. The summed E-state index contributed by atoms with van der Waals surface area (Å²) in [4.78, 5) is 4.42. The van der Waals surface area contributed by atoms with Crippen molar-refractivity contribution >= 4 is 16.6 Å². The smallest absolute Gasteiger partial charge is 0.101 e. The van der Waals surface area contributed by atoms with Gasteiger partial charge in [0.2, 0.25) is 0 Å². The van der Waals surface area contributed by atoms with Crippen molar-refractivity contribution < 1.29 is 0 Å². The van der Waals surface area contributed by atoms with Crippen molar-refractivity contribution in [3.63, 3.8) is 0 Å². The Balaban J connectivity index is 2.22. The predicted molar refractivity (Wildman–Crippen MR) is 76.3 cm³/mol. The lowest BCUT2D eigenvalue weighted by Gasteiger charge is -2.07. The number of aromatic nitrogens is 1. The molecule has 0 fully saturated rings. The van der Waals surface area contributed by atoms with E-state index >= 15 is 0 Å². The van der Waals surface area contributed by atoms with Crippen molar-refractivity contribution in [3.8, 4) is 17.2 Å². The van der Waals surface area contributed by atoms with Crippen LogP contribution in [0.3, 0.4) is 0 Å². The maximum absolute atomic E-state index is 9.02. The lowest BCUT2D eigenvalue weighted by molar-refractivity contribution is 1.40. The zero-order valence-electron chi connectivity index (χ0n) is 10.2. The van der Waals surface area contributed by atoms with E-state index < -0.39 is 0 Å². The van der Waals surface area contributed by atoms with Crippen molar-refractivity contribution in [2.24, 2.45) is 0 Å². The van der Waals surface area contributed by atoms with Crippen LogP contribution in [0.5, 0.6) is 0 Å². The minimum atomic E-state index is 0.491. The second-order valence-corrected chi connectivity index (χ2v) is 4.30. The number of para-hydroxylation sites is 2. The average molecular weight is 245 g/mol. The van der Waals surface area contributed by atoms with E-state index in [2.05, 4.69) is 11.1 Å². The molecule has 90 valence electrons. The molecule has 0 aliphatic heterocycles. The highest BCUT2D eigenvalue weighted by molar-refractivity contribution is 5.87. The van der Waals surface area contributed by atoms with Crippen molar-refractivity contribution in [3.05, 3.63) is 60.3 Å². The summed E-state index contributed by atoms with van der Waals surface area (Å²) in [7, 11) is 0. The fraction of sp³-hybridized carbons (Fsp3) is 0. The number of nitrogens with two attached hydrogens (primary N) is 1. The Labute approximate surface area is 110 Å². The first-order valence-corrected chi connectivity index (χ1v) is 5.93. The first-order chi connectivity index (χ1) is 9.29. The van der Waals surface area contributed by atoms with Gasteiger partial charge in [-0.25, -0.2) is 0 Å². The molecule has 19 heavy (non-hydrogen) atoms. The molecule has 0 radical (unpaired) electrons. The van der Waals surface area contributed by atoms with Crippen LogP contribution in [0.1, 0.15) is 5.56 Å². The molecule has 1 heterocycles. The van der Waals surface area contributed by atoms with Gasteiger partial charge in [-0.1, -0.05) is 30.3 Å². The van der Waals surface area contributed by atoms with Gasteiger partial charge >= 0.3 is 0 Å². The molecule has 3 heteroatoms. The van der Waals surface area contributed by atoms with Gasteiger partial charge in [-0.05, 0) is 18.2 Å². The Morgan fingerprint density at radius 2 is 1.89 bits per heavy atom. The molecular formula is C16H11N3. The molecule has 0 aliphatic rings. The standard InChI is InChI=1S/C16H11N3/c17-9-12-5-3-6-14(16(12)18)13-8-11-4-1-2-7-15(11)19-10-13/h1-8,10H,18H2. The van der Waals surface area contributed by atoms with Gasteiger partial charge in [0.05, 0.1) is 16.8 Å². The molecule has 3 nitrogen and oxygen atoms in total. The first kappa shape index (κ1) is 11.2. The Hall–Kier alpha value is -2.86. The maximum Gasteiger partial charge on any atom is 0.101 e. The molecule has 3 aromatic rings. The number of rotatable bonds is 1. The summed E-state index contributed by atoms with van der Waals surface area (Å²) in [6.07, 6.45) is 1.79. The van der Waals surface area contributed by atoms with Crippen LogP contribution in [0.4, 0.5) is 5.69 Å². The maximum atomic E-state index is 9.02. The van der Waals surface area contributed by atoms with E-state index in [1.807, 2.05) is 42.5 Å². The van der Waals surface area contributed by atoms with E-state index in [1.165, 1.54) is 0 Å². The van der Waals surface area contributed by atoms with Crippen LogP contribution in [0.2, 0.25) is 0 Å². The monoisotopic (exact) mass is 245 g/mol. The lowest BCUT2D eigenvalue weighted by Crippen LogP contribution is -1.94. The van der Waals surface area contributed by atoms with E-state index in [4.69, 9.17) is 11.0 Å². The van der Waals surface area contributed by atoms with Gasteiger partial charge < -0.3 is 5.73 Å². The molecule has 0 saturated carbocycles. The highest BCUT2D eigenvalue weighted by atomic mass is 14.7. The second kappa shape index (κ2) is 4.43. The number of nitriles is 1. The van der Waals surface area contributed by atoms with Crippen LogP contribution < -0.4 is 5.73 Å². The third-order valence-electron chi connectivity index (χ3n) is 3.13. The van der Waals surface area contributed by atoms with Gasteiger partial charge in [0.25, 0.3) is 0 Å². The van der Waals surface area contributed by atoms with Crippen LogP contribution in [-0.4, -0.2) is 4.98 Å².